The molecule has 0 bridgehead atoms. The number of carbonyl (C=O) groups excluding carboxylic acids is 1. The molecular weight excluding hydrogens is 280 g/mol. The van der Waals surface area contributed by atoms with Gasteiger partial charge in [0.05, 0.1) is 0 Å². The van der Waals surface area contributed by atoms with Crippen molar-refractivity contribution in [2.24, 2.45) is 0 Å². The van der Waals surface area contributed by atoms with Gasteiger partial charge in [-0.2, -0.15) is 0 Å². The summed E-state index contributed by atoms with van der Waals surface area (Å²) in [6.07, 6.45) is -0.578. The number of carbonyl (C=O) groups is 3. The maximum atomic E-state index is 11.9. The van der Waals surface area contributed by atoms with Crippen LogP contribution in [0.2, 0.25) is 0 Å². The van der Waals surface area contributed by atoms with Gasteiger partial charge in [-0.25, -0.2) is 9.78 Å². The Bertz CT molecular complexity index is 546. The summed E-state index contributed by atoms with van der Waals surface area (Å²) >= 11 is 0. The fraction of sp³-hybridized carbons (Fsp3) is 0.583. The summed E-state index contributed by atoms with van der Waals surface area (Å²) in [6.45, 7) is 5.63. The van der Waals surface area contributed by atoms with E-state index in [2.05, 4.69) is 20.5 Å². The Labute approximate surface area is 120 Å². The Morgan fingerprint density at radius 3 is 2.33 bits per heavy atom. The third-order valence-electron chi connectivity index (χ3n) is 2.65. The number of hydrogen-bond donors (Lipinski definition) is 4. The summed E-state index contributed by atoms with van der Waals surface area (Å²) in [5.74, 6) is -2.90. The Hall–Kier alpha value is -2.45. The fourth-order valence-corrected chi connectivity index (χ4v) is 1.45. The second kappa shape index (κ2) is 6.33. The van der Waals surface area contributed by atoms with Gasteiger partial charge in [0.2, 0.25) is 5.82 Å². The molecule has 0 saturated carbocycles. The van der Waals surface area contributed by atoms with Crippen LogP contribution in [0.5, 0.6) is 0 Å². The Morgan fingerprint density at radius 1 is 1.29 bits per heavy atom. The van der Waals surface area contributed by atoms with Gasteiger partial charge >= 0.3 is 11.9 Å². The number of nitrogens with one attached hydrogen (secondary N) is 2. The SMILES string of the molecule is CC(C)(C)c1nc(C(=O)NC(CCC(=O)O)C(=O)O)n[nH]1. The largest absolute Gasteiger partial charge is 0.481 e. The summed E-state index contributed by atoms with van der Waals surface area (Å²) in [7, 11) is 0. The lowest BCUT2D eigenvalue weighted by Gasteiger charge is -2.13. The van der Waals surface area contributed by atoms with Crippen molar-refractivity contribution in [3.05, 3.63) is 11.6 Å². The molecule has 1 unspecified atom stereocenters. The maximum Gasteiger partial charge on any atom is 0.326 e. The number of amides is 1. The molecule has 1 aromatic rings. The number of H-pyrrole nitrogens is 1. The van der Waals surface area contributed by atoms with Crippen LogP contribution in [-0.2, 0) is 15.0 Å². The third-order valence-corrected chi connectivity index (χ3v) is 2.65. The number of hydrogen-bond acceptors (Lipinski definition) is 5. The third kappa shape index (κ3) is 4.86. The Kier molecular flexibility index (Phi) is 5.01. The standard InChI is InChI=1S/C12H18N4O5/c1-12(2,3)11-14-8(15-16-11)9(19)13-6(10(20)21)4-5-7(17)18/h6H,4-5H2,1-3H3,(H,13,19)(H,17,18)(H,20,21)(H,14,15,16). The Balaban J connectivity index is 2.75. The summed E-state index contributed by atoms with van der Waals surface area (Å²) in [5.41, 5.74) is -0.332. The zero-order valence-corrected chi connectivity index (χ0v) is 12.0. The van der Waals surface area contributed by atoms with Gasteiger partial charge in [0, 0.05) is 11.8 Å². The van der Waals surface area contributed by atoms with Crippen molar-refractivity contribution in [2.75, 3.05) is 0 Å². The molecule has 1 aromatic heterocycles. The molecule has 0 aliphatic carbocycles. The molecule has 0 aliphatic rings. The molecule has 0 aromatic carbocycles. The van der Waals surface area contributed by atoms with Crippen molar-refractivity contribution >= 4 is 17.8 Å². The van der Waals surface area contributed by atoms with Crippen molar-refractivity contribution in [1.29, 1.82) is 0 Å². The molecule has 0 saturated heterocycles. The smallest absolute Gasteiger partial charge is 0.326 e. The van der Waals surface area contributed by atoms with E-state index in [4.69, 9.17) is 10.2 Å². The van der Waals surface area contributed by atoms with E-state index in [1.807, 2.05) is 20.8 Å². The van der Waals surface area contributed by atoms with Crippen LogP contribution in [0.1, 0.15) is 50.1 Å². The van der Waals surface area contributed by atoms with E-state index in [-0.39, 0.29) is 24.1 Å². The van der Waals surface area contributed by atoms with Gasteiger partial charge in [-0.3, -0.25) is 14.7 Å². The predicted octanol–water partition coefficient (Wildman–Crippen LogP) is 0.150. The fourth-order valence-electron chi connectivity index (χ4n) is 1.45. The van der Waals surface area contributed by atoms with Crippen LogP contribution < -0.4 is 5.32 Å². The molecule has 1 heterocycles. The first kappa shape index (κ1) is 16.6. The number of aromatic amines is 1. The molecule has 9 heteroatoms. The monoisotopic (exact) mass is 298 g/mol. The highest BCUT2D eigenvalue weighted by Gasteiger charge is 2.25. The maximum absolute atomic E-state index is 11.9. The lowest BCUT2D eigenvalue weighted by atomic mass is 9.96. The lowest BCUT2D eigenvalue weighted by Crippen LogP contribution is -2.41. The first-order valence-electron chi connectivity index (χ1n) is 6.29. The van der Waals surface area contributed by atoms with Gasteiger partial charge in [-0.15, -0.1) is 5.10 Å². The van der Waals surface area contributed by atoms with E-state index in [9.17, 15) is 14.4 Å². The number of aromatic nitrogens is 3. The van der Waals surface area contributed by atoms with Crippen LogP contribution in [0, 0.1) is 0 Å². The number of carboxylic acids is 2. The minimum atomic E-state index is -1.31. The van der Waals surface area contributed by atoms with Gasteiger partial charge < -0.3 is 15.5 Å². The molecule has 21 heavy (non-hydrogen) atoms. The van der Waals surface area contributed by atoms with Crippen LogP contribution in [0.15, 0.2) is 0 Å². The molecule has 0 aliphatic heterocycles. The topological polar surface area (TPSA) is 145 Å². The van der Waals surface area contributed by atoms with Crippen molar-refractivity contribution in [1.82, 2.24) is 20.5 Å². The van der Waals surface area contributed by atoms with Crippen molar-refractivity contribution in [3.63, 3.8) is 0 Å². The van der Waals surface area contributed by atoms with E-state index in [0.717, 1.165) is 0 Å². The normalized spacial score (nSPS) is 12.7. The minimum Gasteiger partial charge on any atom is -0.481 e. The van der Waals surface area contributed by atoms with E-state index in [0.29, 0.717) is 5.82 Å². The van der Waals surface area contributed by atoms with E-state index in [1.54, 1.807) is 0 Å². The first-order chi connectivity index (χ1) is 9.61. The lowest BCUT2D eigenvalue weighted by molar-refractivity contribution is -0.140. The number of aliphatic carboxylic acids is 2. The zero-order valence-electron chi connectivity index (χ0n) is 12.0. The number of rotatable bonds is 6. The molecule has 0 spiro atoms. The zero-order chi connectivity index (χ0) is 16.2. The van der Waals surface area contributed by atoms with Gasteiger partial charge in [0.25, 0.3) is 5.91 Å². The highest BCUT2D eigenvalue weighted by molar-refractivity contribution is 5.93. The molecule has 0 fully saturated rings. The summed E-state index contributed by atoms with van der Waals surface area (Å²) < 4.78 is 0. The van der Waals surface area contributed by atoms with Crippen LogP contribution in [0.4, 0.5) is 0 Å². The van der Waals surface area contributed by atoms with Crippen molar-refractivity contribution in [3.8, 4) is 0 Å². The van der Waals surface area contributed by atoms with Gasteiger partial charge in [0.1, 0.15) is 11.9 Å². The second-order valence-corrected chi connectivity index (χ2v) is 5.55. The summed E-state index contributed by atoms with van der Waals surface area (Å²) in [5, 5.41) is 26.1. The molecule has 0 radical (unpaired) electrons. The van der Waals surface area contributed by atoms with Gasteiger partial charge in [0.15, 0.2) is 0 Å². The Morgan fingerprint density at radius 2 is 1.90 bits per heavy atom. The van der Waals surface area contributed by atoms with Crippen LogP contribution in [-0.4, -0.2) is 49.3 Å². The average Bonchev–Trinajstić information content (AvgIpc) is 2.82. The second-order valence-electron chi connectivity index (χ2n) is 5.55. The van der Waals surface area contributed by atoms with Crippen molar-refractivity contribution < 1.29 is 24.6 Å². The average molecular weight is 298 g/mol. The highest BCUT2D eigenvalue weighted by atomic mass is 16.4. The van der Waals surface area contributed by atoms with E-state index >= 15 is 0 Å². The predicted molar refractivity (Wildman–Crippen MR) is 70.8 cm³/mol. The number of carboxylic acid groups (broad SMARTS) is 2. The van der Waals surface area contributed by atoms with Crippen LogP contribution in [0.25, 0.3) is 0 Å². The molecule has 9 nitrogen and oxygen atoms in total. The quantitative estimate of drug-likeness (QED) is 0.584. The highest BCUT2D eigenvalue weighted by Crippen LogP contribution is 2.17. The van der Waals surface area contributed by atoms with Crippen LogP contribution >= 0.6 is 0 Å². The number of nitrogens with zero attached hydrogens (tertiary/aromatic N) is 2. The first-order valence-corrected chi connectivity index (χ1v) is 6.29. The van der Waals surface area contributed by atoms with Gasteiger partial charge in [-0.05, 0) is 6.42 Å². The molecule has 4 N–H and O–H groups in total. The van der Waals surface area contributed by atoms with Gasteiger partial charge in [-0.1, -0.05) is 20.8 Å². The molecular formula is C12H18N4O5. The van der Waals surface area contributed by atoms with E-state index < -0.39 is 23.9 Å². The molecule has 1 rings (SSSR count). The molecule has 116 valence electrons. The minimum absolute atomic E-state index is 0.179. The summed E-state index contributed by atoms with van der Waals surface area (Å²) in [4.78, 5) is 37.3. The molecule has 1 atom stereocenters. The van der Waals surface area contributed by atoms with Crippen LogP contribution in [0.3, 0.4) is 0 Å². The van der Waals surface area contributed by atoms with E-state index in [1.165, 1.54) is 0 Å². The molecule has 1 amide bonds. The van der Waals surface area contributed by atoms with Crippen molar-refractivity contribution in [2.45, 2.75) is 45.1 Å². The summed E-state index contributed by atoms with van der Waals surface area (Å²) in [6, 6.07) is -1.30.